The Morgan fingerprint density at radius 2 is 1.61 bits per heavy atom. The average molecular weight is 512 g/mol. The fourth-order valence-electron chi connectivity index (χ4n) is 5.81. The van der Waals surface area contributed by atoms with Gasteiger partial charge in [0.1, 0.15) is 0 Å². The van der Waals surface area contributed by atoms with Crippen LogP contribution in [0.3, 0.4) is 0 Å². The van der Waals surface area contributed by atoms with Crippen molar-refractivity contribution in [3.05, 3.63) is 83.9 Å². The van der Waals surface area contributed by atoms with E-state index in [4.69, 9.17) is 4.74 Å². The third-order valence-electron chi connectivity index (χ3n) is 8.03. The molecule has 1 aliphatic carbocycles. The Balaban J connectivity index is 1.29. The second kappa shape index (κ2) is 11.8. The van der Waals surface area contributed by atoms with Crippen LogP contribution in [0.4, 0.5) is 16.2 Å². The molecule has 0 aromatic heterocycles. The molecule has 6 heteroatoms. The zero-order valence-electron chi connectivity index (χ0n) is 22.4. The molecule has 6 nitrogen and oxygen atoms in total. The SMILES string of the molecule is COC(=O)C[C@H]1CC[C@H](c2ccc(-c3ccc4c(c3)CN(C)CCN4C(=O)Nc3ccccc3)cc2)CC1. The third-order valence-corrected chi connectivity index (χ3v) is 8.03. The summed E-state index contributed by atoms with van der Waals surface area (Å²) < 4.78 is 4.84. The van der Waals surface area contributed by atoms with Gasteiger partial charge < -0.3 is 15.0 Å². The number of likely N-dealkylation sites (N-methyl/N-ethyl adjacent to an activating group) is 1. The molecule has 0 unspecified atom stereocenters. The lowest BCUT2D eigenvalue weighted by molar-refractivity contribution is -0.142. The minimum absolute atomic E-state index is 0.0929. The predicted octanol–water partition coefficient (Wildman–Crippen LogP) is 6.67. The van der Waals surface area contributed by atoms with Crippen molar-refractivity contribution in [1.82, 2.24) is 4.90 Å². The Hall–Kier alpha value is -3.64. The summed E-state index contributed by atoms with van der Waals surface area (Å²) in [5, 5.41) is 3.04. The van der Waals surface area contributed by atoms with Crippen LogP contribution in [0.25, 0.3) is 11.1 Å². The molecule has 1 heterocycles. The molecule has 2 amide bonds. The van der Waals surface area contributed by atoms with Gasteiger partial charge in [-0.05, 0) is 91.1 Å². The Morgan fingerprint density at radius 1 is 0.895 bits per heavy atom. The number of benzene rings is 3. The largest absolute Gasteiger partial charge is 0.469 e. The summed E-state index contributed by atoms with van der Waals surface area (Å²) in [5.41, 5.74) is 6.64. The predicted molar refractivity (Wildman–Crippen MR) is 152 cm³/mol. The minimum Gasteiger partial charge on any atom is -0.469 e. The number of carbonyl (C=O) groups excluding carboxylic acids is 2. The average Bonchev–Trinajstić information content (AvgIpc) is 3.11. The Kier molecular flexibility index (Phi) is 8.08. The van der Waals surface area contributed by atoms with Crippen molar-refractivity contribution in [2.45, 2.75) is 44.6 Å². The lowest BCUT2D eigenvalue weighted by Crippen LogP contribution is -2.38. The fourth-order valence-corrected chi connectivity index (χ4v) is 5.81. The topological polar surface area (TPSA) is 61.9 Å². The van der Waals surface area contributed by atoms with Crippen LogP contribution in [0.15, 0.2) is 72.8 Å². The highest BCUT2D eigenvalue weighted by atomic mass is 16.5. The van der Waals surface area contributed by atoms with Gasteiger partial charge in [-0.15, -0.1) is 0 Å². The minimum atomic E-state index is -0.105. The standard InChI is InChI=1S/C32H37N3O3/c1-34-18-19-35(32(37)33-29-6-4-3-5-7-29)30-17-16-27(21-28(30)22-34)26-14-12-25(13-15-26)24-10-8-23(9-11-24)20-31(36)38-2/h3-7,12-17,21,23-24H,8-11,18-20,22H2,1-2H3,(H,33,37)/t23-,24-. The highest BCUT2D eigenvalue weighted by Crippen LogP contribution is 2.38. The van der Waals surface area contributed by atoms with Gasteiger partial charge in [0.2, 0.25) is 0 Å². The van der Waals surface area contributed by atoms with Gasteiger partial charge in [-0.1, -0.05) is 48.5 Å². The molecule has 1 N–H and O–H groups in total. The van der Waals surface area contributed by atoms with Gasteiger partial charge in [-0.2, -0.15) is 0 Å². The summed E-state index contributed by atoms with van der Waals surface area (Å²) >= 11 is 0. The first kappa shape index (κ1) is 26.0. The van der Waals surface area contributed by atoms with Crippen LogP contribution in [-0.2, 0) is 16.1 Å². The summed E-state index contributed by atoms with van der Waals surface area (Å²) in [6.07, 6.45) is 4.93. The molecule has 2 aliphatic rings. The van der Waals surface area contributed by atoms with E-state index in [0.29, 0.717) is 24.8 Å². The summed E-state index contributed by atoms with van der Waals surface area (Å²) in [5.74, 6) is 0.907. The van der Waals surface area contributed by atoms with Crippen molar-refractivity contribution in [3.8, 4) is 11.1 Å². The molecule has 0 saturated heterocycles. The molecule has 1 aliphatic heterocycles. The van der Waals surface area contributed by atoms with Crippen LogP contribution >= 0.6 is 0 Å². The molecule has 1 saturated carbocycles. The van der Waals surface area contributed by atoms with E-state index in [0.717, 1.165) is 61.3 Å². The number of carbonyl (C=O) groups is 2. The summed E-state index contributed by atoms with van der Waals surface area (Å²) in [7, 11) is 3.57. The van der Waals surface area contributed by atoms with Gasteiger partial charge in [0, 0.05) is 37.4 Å². The number of methoxy groups -OCH3 is 1. The maximum Gasteiger partial charge on any atom is 0.326 e. The first-order valence-electron chi connectivity index (χ1n) is 13.6. The smallest absolute Gasteiger partial charge is 0.326 e. The molecule has 3 aromatic rings. The molecule has 5 rings (SSSR count). The van der Waals surface area contributed by atoms with Gasteiger partial charge in [0.15, 0.2) is 0 Å². The number of hydrogen-bond donors (Lipinski definition) is 1. The Morgan fingerprint density at radius 3 is 2.32 bits per heavy atom. The van der Waals surface area contributed by atoms with E-state index in [1.165, 1.54) is 18.2 Å². The molecular formula is C32H37N3O3. The highest BCUT2D eigenvalue weighted by molar-refractivity contribution is 6.02. The summed E-state index contributed by atoms with van der Waals surface area (Å²) in [4.78, 5) is 28.9. The number of nitrogens with zero attached hydrogens (tertiary/aromatic N) is 2. The number of ether oxygens (including phenoxy) is 1. The van der Waals surface area contributed by atoms with Gasteiger partial charge in [-0.3, -0.25) is 9.69 Å². The molecule has 198 valence electrons. The van der Waals surface area contributed by atoms with E-state index in [9.17, 15) is 9.59 Å². The second-order valence-electron chi connectivity index (χ2n) is 10.6. The molecular weight excluding hydrogens is 474 g/mol. The first-order chi connectivity index (χ1) is 18.5. The van der Waals surface area contributed by atoms with Crippen molar-refractivity contribution < 1.29 is 14.3 Å². The van der Waals surface area contributed by atoms with Crippen LogP contribution in [0.2, 0.25) is 0 Å². The zero-order chi connectivity index (χ0) is 26.5. The number of para-hydroxylation sites is 1. The lowest BCUT2D eigenvalue weighted by Gasteiger charge is -2.28. The maximum absolute atomic E-state index is 13.2. The second-order valence-corrected chi connectivity index (χ2v) is 10.6. The van der Waals surface area contributed by atoms with Crippen molar-refractivity contribution >= 4 is 23.4 Å². The van der Waals surface area contributed by atoms with E-state index in [2.05, 4.69) is 59.7 Å². The van der Waals surface area contributed by atoms with Gasteiger partial charge in [0.25, 0.3) is 0 Å². The monoisotopic (exact) mass is 511 g/mol. The number of rotatable bonds is 5. The molecule has 0 spiro atoms. The first-order valence-corrected chi connectivity index (χ1v) is 13.6. The Labute approximate surface area is 225 Å². The maximum atomic E-state index is 13.2. The van der Waals surface area contributed by atoms with Crippen LogP contribution in [0.5, 0.6) is 0 Å². The van der Waals surface area contributed by atoms with Crippen LogP contribution in [0, 0.1) is 5.92 Å². The van der Waals surface area contributed by atoms with Crippen LogP contribution < -0.4 is 10.2 Å². The molecule has 3 aromatic carbocycles. The molecule has 1 fully saturated rings. The molecule has 38 heavy (non-hydrogen) atoms. The highest BCUT2D eigenvalue weighted by Gasteiger charge is 2.25. The van der Waals surface area contributed by atoms with Crippen molar-refractivity contribution in [2.75, 3.05) is 37.5 Å². The number of esters is 1. The van der Waals surface area contributed by atoms with Crippen molar-refractivity contribution in [1.29, 1.82) is 0 Å². The molecule has 0 bridgehead atoms. The number of nitrogens with one attached hydrogen (secondary N) is 1. The summed E-state index contributed by atoms with van der Waals surface area (Å²) in [6, 6.07) is 24.9. The lowest BCUT2D eigenvalue weighted by atomic mass is 9.77. The quantitative estimate of drug-likeness (QED) is 0.389. The normalized spacial score (nSPS) is 19.8. The number of anilines is 2. The molecule has 0 atom stereocenters. The van der Waals surface area contributed by atoms with Crippen molar-refractivity contribution in [2.24, 2.45) is 5.92 Å². The van der Waals surface area contributed by atoms with Gasteiger partial charge in [-0.25, -0.2) is 4.79 Å². The van der Waals surface area contributed by atoms with E-state index in [-0.39, 0.29) is 12.0 Å². The van der Waals surface area contributed by atoms with Crippen LogP contribution in [0.1, 0.15) is 49.1 Å². The van der Waals surface area contributed by atoms with E-state index in [1.54, 1.807) is 0 Å². The van der Waals surface area contributed by atoms with E-state index < -0.39 is 0 Å². The number of fused-ring (bicyclic) bond motifs is 1. The number of hydrogen-bond acceptors (Lipinski definition) is 4. The molecule has 0 radical (unpaired) electrons. The van der Waals surface area contributed by atoms with Crippen molar-refractivity contribution in [3.63, 3.8) is 0 Å². The fraction of sp³-hybridized carbons (Fsp3) is 0.375. The third kappa shape index (κ3) is 6.08. The Bertz CT molecular complexity index is 1250. The number of urea groups is 1. The zero-order valence-corrected chi connectivity index (χ0v) is 22.4. The van der Waals surface area contributed by atoms with E-state index in [1.807, 2.05) is 35.2 Å². The summed E-state index contributed by atoms with van der Waals surface area (Å²) in [6.45, 7) is 2.24. The number of amides is 2. The van der Waals surface area contributed by atoms with E-state index >= 15 is 0 Å². The van der Waals surface area contributed by atoms with Crippen LogP contribution in [-0.4, -0.2) is 44.1 Å². The van der Waals surface area contributed by atoms with Gasteiger partial charge in [0.05, 0.1) is 7.11 Å². The van der Waals surface area contributed by atoms with Gasteiger partial charge >= 0.3 is 12.0 Å².